The van der Waals surface area contributed by atoms with Gasteiger partial charge in [0, 0.05) is 6.42 Å². The smallest absolute Gasteiger partial charge is 0.307 e. The maximum Gasteiger partial charge on any atom is 0.307 e. The van der Waals surface area contributed by atoms with E-state index >= 15 is 0 Å². The number of rotatable bonds is 7. The molecule has 0 unspecified atom stereocenters. The van der Waals surface area contributed by atoms with Gasteiger partial charge in [-0.25, -0.2) is 0 Å². The van der Waals surface area contributed by atoms with Crippen LogP contribution in [0.3, 0.4) is 0 Å². The minimum Gasteiger partial charge on any atom is -0.438 e. The molecule has 0 bridgehead atoms. The molecule has 0 amide bonds. The second kappa shape index (κ2) is 9.15. The summed E-state index contributed by atoms with van der Waals surface area (Å²) >= 11 is 0. The Labute approximate surface area is 111 Å². The topological polar surface area (TPSA) is 35.5 Å². The van der Waals surface area contributed by atoms with Crippen LogP contribution in [0.2, 0.25) is 0 Å². The Morgan fingerprint density at radius 3 is 2.61 bits per heavy atom. The number of hydrogen-bond donors (Lipinski definition) is 0. The minimum absolute atomic E-state index is 0.131. The SMILES string of the molecule is CC=C(C)CCCC(=O)OCOC1CCCCC1. The highest BCUT2D eigenvalue weighted by molar-refractivity contribution is 5.69. The third kappa shape index (κ3) is 6.80. The molecular formula is C15H26O3. The fourth-order valence-electron chi connectivity index (χ4n) is 2.16. The minimum atomic E-state index is -0.144. The molecule has 1 aliphatic carbocycles. The Balaban J connectivity index is 1.99. The third-order valence-corrected chi connectivity index (χ3v) is 3.52. The molecule has 0 saturated heterocycles. The highest BCUT2D eigenvalue weighted by atomic mass is 16.7. The lowest BCUT2D eigenvalue weighted by molar-refractivity contribution is -0.162. The first-order valence-corrected chi connectivity index (χ1v) is 7.11. The van der Waals surface area contributed by atoms with Gasteiger partial charge in [0.1, 0.15) is 0 Å². The molecule has 0 atom stereocenters. The van der Waals surface area contributed by atoms with Crippen molar-refractivity contribution in [3.8, 4) is 0 Å². The van der Waals surface area contributed by atoms with Crippen molar-refractivity contribution in [3.05, 3.63) is 11.6 Å². The molecule has 1 aliphatic rings. The summed E-state index contributed by atoms with van der Waals surface area (Å²) in [6.07, 6.45) is 10.7. The number of allylic oxidation sites excluding steroid dienone is 2. The fourth-order valence-corrected chi connectivity index (χ4v) is 2.16. The number of carbonyl (C=O) groups excluding carboxylic acids is 1. The van der Waals surface area contributed by atoms with E-state index in [-0.39, 0.29) is 12.8 Å². The number of carbonyl (C=O) groups is 1. The third-order valence-electron chi connectivity index (χ3n) is 3.52. The highest BCUT2D eigenvalue weighted by Gasteiger charge is 2.14. The molecule has 0 radical (unpaired) electrons. The molecular weight excluding hydrogens is 228 g/mol. The number of hydrogen-bond acceptors (Lipinski definition) is 3. The molecule has 0 heterocycles. The molecule has 1 fully saturated rings. The van der Waals surface area contributed by atoms with Gasteiger partial charge in [-0.1, -0.05) is 30.9 Å². The van der Waals surface area contributed by atoms with Crippen LogP contribution in [0.4, 0.5) is 0 Å². The Morgan fingerprint density at radius 2 is 1.94 bits per heavy atom. The van der Waals surface area contributed by atoms with Crippen molar-refractivity contribution in [2.24, 2.45) is 0 Å². The van der Waals surface area contributed by atoms with E-state index in [0.717, 1.165) is 25.7 Å². The van der Waals surface area contributed by atoms with Crippen molar-refractivity contribution in [2.45, 2.75) is 71.3 Å². The first kappa shape index (κ1) is 15.2. The van der Waals surface area contributed by atoms with E-state index in [0.29, 0.717) is 12.5 Å². The predicted octanol–water partition coefficient (Wildman–Crippen LogP) is 3.97. The largest absolute Gasteiger partial charge is 0.438 e. The van der Waals surface area contributed by atoms with Crippen LogP contribution in [0.1, 0.15) is 65.2 Å². The summed E-state index contributed by atoms with van der Waals surface area (Å²) in [7, 11) is 0. The van der Waals surface area contributed by atoms with E-state index < -0.39 is 0 Å². The van der Waals surface area contributed by atoms with Crippen LogP contribution < -0.4 is 0 Å². The van der Waals surface area contributed by atoms with Crippen molar-refractivity contribution in [3.63, 3.8) is 0 Å². The summed E-state index contributed by atoms with van der Waals surface area (Å²) in [6, 6.07) is 0. The molecule has 0 aromatic carbocycles. The van der Waals surface area contributed by atoms with Crippen LogP contribution in [-0.2, 0) is 14.3 Å². The molecule has 104 valence electrons. The lowest BCUT2D eigenvalue weighted by Gasteiger charge is -2.21. The molecule has 3 nitrogen and oxygen atoms in total. The molecule has 18 heavy (non-hydrogen) atoms. The van der Waals surface area contributed by atoms with Gasteiger partial charge in [0.25, 0.3) is 0 Å². The molecule has 0 N–H and O–H groups in total. The maximum atomic E-state index is 11.4. The van der Waals surface area contributed by atoms with E-state index in [1.54, 1.807) is 0 Å². The van der Waals surface area contributed by atoms with Crippen molar-refractivity contribution in [2.75, 3.05) is 6.79 Å². The summed E-state index contributed by atoms with van der Waals surface area (Å²) in [5.74, 6) is -0.144. The molecule has 0 aromatic heterocycles. The van der Waals surface area contributed by atoms with E-state index in [1.165, 1.54) is 24.8 Å². The van der Waals surface area contributed by atoms with Gasteiger partial charge in [-0.15, -0.1) is 0 Å². The molecule has 1 saturated carbocycles. The van der Waals surface area contributed by atoms with Crippen LogP contribution in [0.15, 0.2) is 11.6 Å². The number of ether oxygens (including phenoxy) is 2. The zero-order chi connectivity index (χ0) is 13.2. The zero-order valence-electron chi connectivity index (χ0n) is 11.7. The predicted molar refractivity (Wildman–Crippen MR) is 72.2 cm³/mol. The van der Waals surface area contributed by atoms with E-state index in [1.807, 2.05) is 6.92 Å². The van der Waals surface area contributed by atoms with Gasteiger partial charge < -0.3 is 9.47 Å². The van der Waals surface area contributed by atoms with Gasteiger partial charge in [-0.05, 0) is 39.5 Å². The van der Waals surface area contributed by atoms with Gasteiger partial charge in [0.15, 0.2) is 6.79 Å². The Hall–Kier alpha value is -0.830. The van der Waals surface area contributed by atoms with Gasteiger partial charge in [-0.3, -0.25) is 4.79 Å². The van der Waals surface area contributed by atoms with E-state index in [9.17, 15) is 4.79 Å². The summed E-state index contributed by atoms with van der Waals surface area (Å²) < 4.78 is 10.6. The summed E-state index contributed by atoms with van der Waals surface area (Å²) in [5.41, 5.74) is 1.32. The lowest BCUT2D eigenvalue weighted by Crippen LogP contribution is -2.19. The summed E-state index contributed by atoms with van der Waals surface area (Å²) in [5, 5.41) is 0. The van der Waals surface area contributed by atoms with E-state index in [4.69, 9.17) is 9.47 Å². The zero-order valence-corrected chi connectivity index (χ0v) is 11.7. The first-order valence-electron chi connectivity index (χ1n) is 7.11. The van der Waals surface area contributed by atoms with Gasteiger partial charge in [-0.2, -0.15) is 0 Å². The van der Waals surface area contributed by atoms with Crippen LogP contribution in [0.25, 0.3) is 0 Å². The van der Waals surface area contributed by atoms with Gasteiger partial charge >= 0.3 is 5.97 Å². The average molecular weight is 254 g/mol. The molecule has 1 rings (SSSR count). The standard InChI is InChI=1S/C15H26O3/c1-3-13(2)8-7-11-15(16)18-12-17-14-9-5-4-6-10-14/h3,14H,4-12H2,1-2H3. The lowest BCUT2D eigenvalue weighted by atomic mass is 9.98. The van der Waals surface area contributed by atoms with Crippen molar-refractivity contribution < 1.29 is 14.3 Å². The van der Waals surface area contributed by atoms with Crippen molar-refractivity contribution in [1.82, 2.24) is 0 Å². The van der Waals surface area contributed by atoms with Crippen molar-refractivity contribution in [1.29, 1.82) is 0 Å². The monoisotopic (exact) mass is 254 g/mol. The van der Waals surface area contributed by atoms with Gasteiger partial charge in [0.2, 0.25) is 0 Å². The average Bonchev–Trinajstić information content (AvgIpc) is 2.39. The normalized spacial score (nSPS) is 17.8. The van der Waals surface area contributed by atoms with Gasteiger partial charge in [0.05, 0.1) is 6.10 Å². The molecule has 0 aromatic rings. The second-order valence-electron chi connectivity index (χ2n) is 5.05. The van der Waals surface area contributed by atoms with Crippen LogP contribution >= 0.6 is 0 Å². The summed E-state index contributed by atoms with van der Waals surface area (Å²) in [4.78, 5) is 11.4. The van der Waals surface area contributed by atoms with Crippen LogP contribution in [-0.4, -0.2) is 18.9 Å². The van der Waals surface area contributed by atoms with Crippen molar-refractivity contribution >= 4 is 5.97 Å². The van der Waals surface area contributed by atoms with Crippen LogP contribution in [0, 0.1) is 0 Å². The summed E-state index contributed by atoms with van der Waals surface area (Å²) in [6.45, 7) is 4.23. The molecule has 0 aliphatic heterocycles. The quantitative estimate of drug-likeness (QED) is 0.392. The number of esters is 1. The maximum absolute atomic E-state index is 11.4. The Kier molecular flexibility index (Phi) is 7.74. The van der Waals surface area contributed by atoms with E-state index in [2.05, 4.69) is 13.0 Å². The first-order chi connectivity index (χ1) is 8.72. The Bertz CT molecular complexity index is 265. The molecule has 0 spiro atoms. The van der Waals surface area contributed by atoms with Crippen LogP contribution in [0.5, 0.6) is 0 Å². The Morgan fingerprint density at radius 1 is 1.22 bits per heavy atom. The highest BCUT2D eigenvalue weighted by Crippen LogP contribution is 2.20. The second-order valence-corrected chi connectivity index (χ2v) is 5.05. The molecule has 3 heteroatoms. The fraction of sp³-hybridized carbons (Fsp3) is 0.800.